The van der Waals surface area contributed by atoms with E-state index < -0.39 is 22.8 Å². The number of hydrogen-bond donors (Lipinski definition) is 2. The Balaban J connectivity index is 1.79. The normalized spacial score (nSPS) is 11.7. The van der Waals surface area contributed by atoms with E-state index in [1.54, 1.807) is 0 Å². The second kappa shape index (κ2) is 7.65. The molecule has 3 aromatic carbocycles. The summed E-state index contributed by atoms with van der Waals surface area (Å²) in [6, 6.07) is 17.9. The number of carbonyl (C=O) groups is 2. The number of non-ortho nitro benzene ring substituents is 1. The molecule has 0 unspecified atom stereocenters. The molecule has 0 saturated heterocycles. The molecule has 27 heavy (non-hydrogen) atoms. The molecule has 0 bridgehead atoms. The molecule has 7 heteroatoms. The molecule has 3 aromatic rings. The molecule has 0 aromatic heterocycles. The Morgan fingerprint density at radius 1 is 1.00 bits per heavy atom. The van der Waals surface area contributed by atoms with Crippen molar-refractivity contribution in [3.05, 3.63) is 88.0 Å². The zero-order valence-corrected chi connectivity index (χ0v) is 14.3. The minimum absolute atomic E-state index is 0.0916. The number of amides is 2. The molecule has 3 rings (SSSR count). The molecule has 0 aliphatic carbocycles. The van der Waals surface area contributed by atoms with Gasteiger partial charge in [-0.3, -0.25) is 19.7 Å². The number of benzene rings is 3. The Morgan fingerprint density at radius 2 is 1.74 bits per heavy atom. The first-order valence-electron chi connectivity index (χ1n) is 8.26. The van der Waals surface area contributed by atoms with Gasteiger partial charge in [0.05, 0.1) is 4.92 Å². The van der Waals surface area contributed by atoms with Crippen molar-refractivity contribution in [2.24, 2.45) is 5.73 Å². The second-order valence-corrected chi connectivity index (χ2v) is 6.12. The number of nitrogens with zero attached hydrogens (tertiary/aromatic N) is 1. The lowest BCUT2D eigenvalue weighted by Gasteiger charge is -2.16. The first-order chi connectivity index (χ1) is 12.9. The van der Waals surface area contributed by atoms with Crippen LogP contribution in [-0.2, 0) is 11.2 Å². The van der Waals surface area contributed by atoms with E-state index in [1.807, 2.05) is 42.5 Å². The van der Waals surface area contributed by atoms with Crippen LogP contribution in [0.4, 0.5) is 5.69 Å². The van der Waals surface area contributed by atoms with Crippen LogP contribution in [0.15, 0.2) is 66.7 Å². The summed E-state index contributed by atoms with van der Waals surface area (Å²) in [7, 11) is 0. The quantitative estimate of drug-likeness (QED) is 0.517. The predicted molar refractivity (Wildman–Crippen MR) is 101 cm³/mol. The van der Waals surface area contributed by atoms with Gasteiger partial charge in [0.15, 0.2) is 0 Å². The maximum absolute atomic E-state index is 12.4. The van der Waals surface area contributed by atoms with Gasteiger partial charge in [0.25, 0.3) is 11.6 Å². The first-order valence-corrected chi connectivity index (χ1v) is 8.26. The number of carbonyl (C=O) groups excluding carboxylic acids is 2. The number of nitro groups is 1. The van der Waals surface area contributed by atoms with Crippen LogP contribution < -0.4 is 11.1 Å². The van der Waals surface area contributed by atoms with E-state index in [2.05, 4.69) is 5.32 Å². The predicted octanol–water partition coefficient (Wildman–Crippen LogP) is 2.57. The number of nitro benzene ring substituents is 1. The van der Waals surface area contributed by atoms with E-state index >= 15 is 0 Å². The maximum Gasteiger partial charge on any atom is 0.270 e. The zero-order valence-electron chi connectivity index (χ0n) is 14.3. The Morgan fingerprint density at radius 3 is 2.44 bits per heavy atom. The average Bonchev–Trinajstić information content (AvgIpc) is 2.67. The molecule has 1 atom stereocenters. The third kappa shape index (κ3) is 4.27. The van der Waals surface area contributed by atoms with Crippen LogP contribution in [0.2, 0.25) is 0 Å². The van der Waals surface area contributed by atoms with Gasteiger partial charge in [0, 0.05) is 24.1 Å². The molecule has 2 amide bonds. The molecule has 7 nitrogen and oxygen atoms in total. The lowest BCUT2D eigenvalue weighted by Crippen LogP contribution is -2.45. The Kier molecular flexibility index (Phi) is 5.12. The first kappa shape index (κ1) is 18.1. The van der Waals surface area contributed by atoms with Crippen LogP contribution in [0.5, 0.6) is 0 Å². The highest BCUT2D eigenvalue weighted by Gasteiger charge is 2.20. The minimum atomic E-state index is -0.932. The SMILES string of the molecule is NC(=O)[C@H](Cc1ccc2ccccc2c1)NC(=O)c1cccc([N+](=O)[O-])c1. The fraction of sp³-hybridized carbons (Fsp3) is 0.100. The number of nitrogens with one attached hydrogen (secondary N) is 1. The van der Waals surface area contributed by atoms with Crippen molar-refractivity contribution in [2.45, 2.75) is 12.5 Å². The second-order valence-electron chi connectivity index (χ2n) is 6.12. The molecule has 0 radical (unpaired) electrons. The molecule has 136 valence electrons. The topological polar surface area (TPSA) is 115 Å². The summed E-state index contributed by atoms with van der Waals surface area (Å²) >= 11 is 0. The molecule has 0 saturated carbocycles. The van der Waals surface area contributed by atoms with Crippen LogP contribution in [0.1, 0.15) is 15.9 Å². The van der Waals surface area contributed by atoms with E-state index in [4.69, 9.17) is 5.73 Å². The van der Waals surface area contributed by atoms with Crippen molar-refractivity contribution in [3.8, 4) is 0 Å². The molecule has 0 spiro atoms. The number of fused-ring (bicyclic) bond motifs is 1. The van der Waals surface area contributed by atoms with E-state index in [9.17, 15) is 19.7 Å². The van der Waals surface area contributed by atoms with Crippen LogP contribution >= 0.6 is 0 Å². The number of primary amides is 1. The van der Waals surface area contributed by atoms with Gasteiger partial charge in [-0.05, 0) is 22.4 Å². The van der Waals surface area contributed by atoms with Crippen molar-refractivity contribution in [1.82, 2.24) is 5.32 Å². The molecule has 0 aliphatic heterocycles. The number of rotatable bonds is 6. The fourth-order valence-electron chi connectivity index (χ4n) is 2.83. The standard InChI is InChI=1S/C20H17N3O4/c21-19(24)18(11-13-8-9-14-4-1-2-5-15(14)10-13)22-20(25)16-6-3-7-17(12-16)23(26)27/h1-10,12,18H,11H2,(H2,21,24)(H,22,25)/t18-/m0/s1. The monoisotopic (exact) mass is 363 g/mol. The minimum Gasteiger partial charge on any atom is -0.368 e. The highest BCUT2D eigenvalue weighted by molar-refractivity contribution is 5.97. The van der Waals surface area contributed by atoms with Crippen molar-refractivity contribution in [1.29, 1.82) is 0 Å². The van der Waals surface area contributed by atoms with Gasteiger partial charge in [-0.2, -0.15) is 0 Å². The Bertz CT molecular complexity index is 1030. The average molecular weight is 363 g/mol. The molecule has 0 fully saturated rings. The van der Waals surface area contributed by atoms with Crippen molar-refractivity contribution >= 4 is 28.3 Å². The third-order valence-electron chi connectivity index (χ3n) is 4.22. The lowest BCUT2D eigenvalue weighted by atomic mass is 10.0. The van der Waals surface area contributed by atoms with E-state index in [1.165, 1.54) is 18.2 Å². The summed E-state index contributed by atoms with van der Waals surface area (Å²) in [6.45, 7) is 0. The highest BCUT2D eigenvalue weighted by Crippen LogP contribution is 2.17. The Hall–Kier alpha value is -3.74. The van der Waals surface area contributed by atoms with Crippen LogP contribution in [0.25, 0.3) is 10.8 Å². The lowest BCUT2D eigenvalue weighted by molar-refractivity contribution is -0.384. The van der Waals surface area contributed by atoms with Gasteiger partial charge in [0.1, 0.15) is 6.04 Å². The molecular weight excluding hydrogens is 346 g/mol. The number of nitrogens with two attached hydrogens (primary N) is 1. The van der Waals surface area contributed by atoms with Crippen molar-refractivity contribution in [2.75, 3.05) is 0 Å². The van der Waals surface area contributed by atoms with Gasteiger partial charge in [-0.15, -0.1) is 0 Å². The molecule has 0 heterocycles. The molecular formula is C20H17N3O4. The van der Waals surface area contributed by atoms with E-state index in [0.717, 1.165) is 22.4 Å². The number of hydrogen-bond acceptors (Lipinski definition) is 4. The fourth-order valence-corrected chi connectivity index (χ4v) is 2.83. The summed E-state index contributed by atoms with van der Waals surface area (Å²) in [6.07, 6.45) is 0.223. The summed E-state index contributed by atoms with van der Waals surface area (Å²) in [4.78, 5) is 34.5. The molecule has 3 N–H and O–H groups in total. The van der Waals surface area contributed by atoms with Gasteiger partial charge in [-0.25, -0.2) is 0 Å². The maximum atomic E-state index is 12.4. The smallest absolute Gasteiger partial charge is 0.270 e. The zero-order chi connectivity index (χ0) is 19.4. The van der Waals surface area contributed by atoms with Crippen LogP contribution in [0.3, 0.4) is 0 Å². The Labute approximate surface area is 154 Å². The van der Waals surface area contributed by atoms with Gasteiger partial charge in [0.2, 0.25) is 5.91 Å². The van der Waals surface area contributed by atoms with Gasteiger partial charge < -0.3 is 11.1 Å². The van der Waals surface area contributed by atoms with E-state index in [-0.39, 0.29) is 17.7 Å². The summed E-state index contributed by atoms with van der Waals surface area (Å²) in [5, 5.41) is 15.5. The third-order valence-corrected chi connectivity index (χ3v) is 4.22. The van der Waals surface area contributed by atoms with Crippen LogP contribution in [0, 0.1) is 10.1 Å². The van der Waals surface area contributed by atoms with Crippen LogP contribution in [-0.4, -0.2) is 22.8 Å². The van der Waals surface area contributed by atoms with E-state index in [0.29, 0.717) is 0 Å². The van der Waals surface area contributed by atoms with Gasteiger partial charge in [-0.1, -0.05) is 48.5 Å². The summed E-state index contributed by atoms with van der Waals surface area (Å²) in [5.74, 6) is -1.27. The highest BCUT2D eigenvalue weighted by atomic mass is 16.6. The van der Waals surface area contributed by atoms with Crippen molar-refractivity contribution < 1.29 is 14.5 Å². The largest absolute Gasteiger partial charge is 0.368 e. The van der Waals surface area contributed by atoms with Crippen molar-refractivity contribution in [3.63, 3.8) is 0 Å². The van der Waals surface area contributed by atoms with Gasteiger partial charge >= 0.3 is 0 Å². The summed E-state index contributed by atoms with van der Waals surface area (Å²) in [5.41, 5.74) is 6.17. The summed E-state index contributed by atoms with van der Waals surface area (Å²) < 4.78 is 0. The molecule has 0 aliphatic rings.